The Morgan fingerprint density at radius 3 is 2.33 bits per heavy atom. The second-order valence-corrected chi connectivity index (χ2v) is 5.34. The second-order valence-electron chi connectivity index (χ2n) is 3.58. The number of carboxylic acid groups (broad SMARTS) is 1. The van der Waals surface area contributed by atoms with Crippen LogP contribution in [0.5, 0.6) is 0 Å². The summed E-state index contributed by atoms with van der Waals surface area (Å²) >= 11 is 0. The number of hydrogen-bond acceptors (Lipinski definition) is 3. The van der Waals surface area contributed by atoms with Crippen LogP contribution >= 0.6 is 0 Å². The van der Waals surface area contributed by atoms with Gasteiger partial charge in [0.05, 0.1) is 0 Å². The Labute approximate surface area is 90.5 Å². The molecule has 0 amide bonds. The van der Waals surface area contributed by atoms with Crippen LogP contribution in [0.1, 0.15) is 20.8 Å². The first-order chi connectivity index (χ1) is 6.79. The molecular formula is C8H18N2O4S. The van der Waals surface area contributed by atoms with Crippen LogP contribution in [0, 0.1) is 5.92 Å². The minimum absolute atomic E-state index is 0.0813. The Morgan fingerprint density at radius 2 is 2.00 bits per heavy atom. The van der Waals surface area contributed by atoms with Crippen molar-refractivity contribution < 1.29 is 18.3 Å². The molecule has 0 fully saturated rings. The van der Waals surface area contributed by atoms with Crippen molar-refractivity contribution in [3.8, 4) is 0 Å². The zero-order valence-corrected chi connectivity index (χ0v) is 10.0. The van der Waals surface area contributed by atoms with E-state index in [1.54, 1.807) is 6.92 Å². The van der Waals surface area contributed by atoms with E-state index in [2.05, 4.69) is 4.72 Å². The van der Waals surface area contributed by atoms with Gasteiger partial charge in [-0.2, -0.15) is 12.7 Å². The summed E-state index contributed by atoms with van der Waals surface area (Å²) in [4.78, 5) is 10.5. The van der Waals surface area contributed by atoms with Crippen molar-refractivity contribution in [2.24, 2.45) is 5.92 Å². The fourth-order valence-electron chi connectivity index (χ4n) is 1.08. The Morgan fingerprint density at radius 1 is 1.47 bits per heavy atom. The number of carboxylic acids is 1. The molecule has 0 saturated carbocycles. The number of carbonyl (C=O) groups is 1. The van der Waals surface area contributed by atoms with Crippen LogP contribution in [-0.2, 0) is 15.0 Å². The molecule has 0 aliphatic heterocycles. The van der Waals surface area contributed by atoms with E-state index in [9.17, 15) is 13.2 Å². The maximum atomic E-state index is 11.6. The first-order valence-electron chi connectivity index (χ1n) is 4.76. The van der Waals surface area contributed by atoms with Crippen LogP contribution in [0.15, 0.2) is 0 Å². The normalized spacial score (nSPS) is 12.3. The highest BCUT2D eigenvalue weighted by Gasteiger charge is 2.23. The van der Waals surface area contributed by atoms with Gasteiger partial charge < -0.3 is 5.11 Å². The van der Waals surface area contributed by atoms with Gasteiger partial charge in [0, 0.05) is 13.1 Å². The zero-order valence-electron chi connectivity index (χ0n) is 9.23. The van der Waals surface area contributed by atoms with Crippen LogP contribution in [0.4, 0.5) is 0 Å². The van der Waals surface area contributed by atoms with Crippen molar-refractivity contribution in [2.75, 3.05) is 19.6 Å². The van der Waals surface area contributed by atoms with Crippen molar-refractivity contribution in [1.29, 1.82) is 0 Å². The van der Waals surface area contributed by atoms with E-state index >= 15 is 0 Å². The molecule has 0 unspecified atom stereocenters. The third-order valence-electron chi connectivity index (χ3n) is 1.55. The van der Waals surface area contributed by atoms with Crippen LogP contribution in [0.2, 0.25) is 0 Å². The lowest BCUT2D eigenvalue weighted by atomic mass is 10.2. The smallest absolute Gasteiger partial charge is 0.318 e. The summed E-state index contributed by atoms with van der Waals surface area (Å²) in [6.07, 6.45) is 0. The van der Waals surface area contributed by atoms with Gasteiger partial charge in [0.15, 0.2) is 0 Å². The molecule has 0 spiro atoms. The van der Waals surface area contributed by atoms with Gasteiger partial charge in [-0.05, 0) is 5.92 Å². The highest BCUT2D eigenvalue weighted by atomic mass is 32.2. The zero-order chi connectivity index (χ0) is 12.1. The van der Waals surface area contributed by atoms with Gasteiger partial charge in [0.2, 0.25) is 0 Å². The van der Waals surface area contributed by atoms with Crippen LogP contribution in [0.3, 0.4) is 0 Å². The van der Waals surface area contributed by atoms with Gasteiger partial charge >= 0.3 is 5.97 Å². The summed E-state index contributed by atoms with van der Waals surface area (Å²) < 4.78 is 26.3. The molecule has 0 aromatic carbocycles. The first-order valence-corrected chi connectivity index (χ1v) is 6.20. The lowest BCUT2D eigenvalue weighted by molar-refractivity contribution is -0.137. The second kappa shape index (κ2) is 6.04. The van der Waals surface area contributed by atoms with Gasteiger partial charge in [0.1, 0.15) is 6.54 Å². The summed E-state index contributed by atoms with van der Waals surface area (Å²) in [5.41, 5.74) is 0. The van der Waals surface area contributed by atoms with Gasteiger partial charge in [-0.25, -0.2) is 4.72 Å². The quantitative estimate of drug-likeness (QED) is 0.647. The third-order valence-corrected chi connectivity index (χ3v) is 3.16. The summed E-state index contributed by atoms with van der Waals surface area (Å²) in [6, 6.07) is 0. The summed E-state index contributed by atoms with van der Waals surface area (Å²) in [7, 11) is -3.66. The Bertz CT molecular complexity index is 300. The van der Waals surface area contributed by atoms with Crippen molar-refractivity contribution >= 4 is 16.2 Å². The monoisotopic (exact) mass is 238 g/mol. The lowest BCUT2D eigenvalue weighted by Crippen LogP contribution is -2.44. The van der Waals surface area contributed by atoms with Gasteiger partial charge in [-0.1, -0.05) is 20.8 Å². The van der Waals surface area contributed by atoms with E-state index in [1.165, 1.54) is 0 Å². The van der Waals surface area contributed by atoms with Crippen LogP contribution < -0.4 is 4.72 Å². The van der Waals surface area contributed by atoms with Crippen molar-refractivity contribution in [3.63, 3.8) is 0 Å². The predicted molar refractivity (Wildman–Crippen MR) is 56.6 cm³/mol. The average molecular weight is 238 g/mol. The highest BCUT2D eigenvalue weighted by molar-refractivity contribution is 7.87. The molecule has 0 saturated heterocycles. The molecule has 0 atom stereocenters. The minimum Gasteiger partial charge on any atom is -0.480 e. The standard InChI is InChI=1S/C8H18N2O4S/c1-4-9-15(13,14)10(5-7(2)3)6-8(11)12/h7,9H,4-6H2,1-3H3,(H,11,12). The van der Waals surface area contributed by atoms with E-state index in [-0.39, 0.29) is 19.0 Å². The molecule has 90 valence electrons. The molecule has 15 heavy (non-hydrogen) atoms. The molecule has 6 nitrogen and oxygen atoms in total. The molecular weight excluding hydrogens is 220 g/mol. The van der Waals surface area contributed by atoms with Crippen molar-refractivity contribution in [1.82, 2.24) is 9.03 Å². The van der Waals surface area contributed by atoms with E-state index in [4.69, 9.17) is 5.11 Å². The van der Waals surface area contributed by atoms with E-state index < -0.39 is 22.7 Å². The molecule has 0 radical (unpaired) electrons. The number of aliphatic carboxylic acids is 1. The third kappa shape index (κ3) is 5.71. The molecule has 0 heterocycles. The minimum atomic E-state index is -3.66. The summed E-state index contributed by atoms with van der Waals surface area (Å²) in [6.45, 7) is 5.24. The molecule has 0 aromatic rings. The van der Waals surface area contributed by atoms with Crippen LogP contribution in [0.25, 0.3) is 0 Å². The van der Waals surface area contributed by atoms with Crippen molar-refractivity contribution in [2.45, 2.75) is 20.8 Å². The van der Waals surface area contributed by atoms with Gasteiger partial charge in [0.25, 0.3) is 10.2 Å². The molecule has 0 rings (SSSR count). The molecule has 7 heteroatoms. The van der Waals surface area contributed by atoms with Gasteiger partial charge in [-0.15, -0.1) is 0 Å². The van der Waals surface area contributed by atoms with E-state index in [1.807, 2.05) is 13.8 Å². The Kier molecular flexibility index (Phi) is 5.77. The lowest BCUT2D eigenvalue weighted by Gasteiger charge is -2.21. The molecule has 0 bridgehead atoms. The fraction of sp³-hybridized carbons (Fsp3) is 0.875. The Hall–Kier alpha value is -0.660. The first kappa shape index (κ1) is 14.3. The average Bonchev–Trinajstić information content (AvgIpc) is 2.00. The SMILES string of the molecule is CCNS(=O)(=O)N(CC(=O)O)CC(C)C. The molecule has 0 aliphatic carbocycles. The predicted octanol–water partition coefficient (Wildman–Crippen LogP) is -0.117. The topological polar surface area (TPSA) is 86.7 Å². The maximum absolute atomic E-state index is 11.6. The van der Waals surface area contributed by atoms with E-state index in [0.29, 0.717) is 0 Å². The number of hydrogen-bond donors (Lipinski definition) is 2. The summed E-state index contributed by atoms with van der Waals surface area (Å²) in [5.74, 6) is -1.07. The molecule has 0 aliphatic rings. The number of nitrogens with one attached hydrogen (secondary N) is 1. The van der Waals surface area contributed by atoms with Gasteiger partial charge in [-0.3, -0.25) is 4.79 Å². The van der Waals surface area contributed by atoms with Crippen molar-refractivity contribution in [3.05, 3.63) is 0 Å². The summed E-state index contributed by atoms with van der Waals surface area (Å²) in [5, 5.41) is 8.59. The fourth-order valence-corrected chi connectivity index (χ4v) is 2.40. The van der Waals surface area contributed by atoms with E-state index in [0.717, 1.165) is 4.31 Å². The molecule has 2 N–H and O–H groups in total. The Balaban J connectivity index is 4.68. The number of nitrogens with zero attached hydrogens (tertiary/aromatic N) is 1. The highest BCUT2D eigenvalue weighted by Crippen LogP contribution is 2.03. The van der Waals surface area contributed by atoms with Crippen LogP contribution in [-0.4, -0.2) is 43.4 Å². The number of rotatable bonds is 7. The maximum Gasteiger partial charge on any atom is 0.318 e. The molecule has 0 aromatic heterocycles. The largest absolute Gasteiger partial charge is 0.480 e.